The third-order valence-electron chi connectivity index (χ3n) is 4.10. The number of anilines is 1. The number of nitrogens with zero attached hydrogens (tertiary/aromatic N) is 2. The van der Waals surface area contributed by atoms with Gasteiger partial charge in [-0.25, -0.2) is 9.78 Å². The van der Waals surface area contributed by atoms with Crippen molar-refractivity contribution in [2.24, 2.45) is 0 Å². The van der Waals surface area contributed by atoms with Crippen LogP contribution in [0.15, 0.2) is 18.2 Å². The van der Waals surface area contributed by atoms with Gasteiger partial charge < -0.3 is 4.74 Å². The fourth-order valence-corrected chi connectivity index (χ4v) is 3.82. The molecule has 6 heteroatoms. The molecule has 5 nitrogen and oxygen atoms in total. The van der Waals surface area contributed by atoms with E-state index >= 15 is 0 Å². The number of carbonyl (C=O) groups is 1. The number of fused-ring (bicyclic) bond motifs is 1. The van der Waals surface area contributed by atoms with Crippen molar-refractivity contribution in [3.8, 4) is 0 Å². The Labute approximate surface area is 140 Å². The van der Waals surface area contributed by atoms with Gasteiger partial charge in [-0.2, -0.15) is 0 Å². The van der Waals surface area contributed by atoms with Crippen LogP contribution in [0.4, 0.5) is 9.93 Å². The molecule has 1 aromatic heterocycles. The molecule has 1 aromatic carbocycles. The van der Waals surface area contributed by atoms with Gasteiger partial charge in [-0.1, -0.05) is 35.1 Å². The Balaban J connectivity index is 1.70. The summed E-state index contributed by atoms with van der Waals surface area (Å²) in [6.07, 6.45) is 0.447. The molecule has 0 saturated heterocycles. The molecule has 23 heavy (non-hydrogen) atoms. The van der Waals surface area contributed by atoms with Gasteiger partial charge in [0, 0.05) is 30.9 Å². The number of amides is 1. The number of hydrogen-bond donors (Lipinski definition) is 1. The molecular weight excluding hydrogens is 310 g/mol. The van der Waals surface area contributed by atoms with Crippen LogP contribution in [0, 0.1) is 13.8 Å². The van der Waals surface area contributed by atoms with Crippen molar-refractivity contribution in [3.63, 3.8) is 0 Å². The Morgan fingerprint density at radius 3 is 3.04 bits per heavy atom. The van der Waals surface area contributed by atoms with E-state index in [0.717, 1.165) is 31.7 Å². The smallest absolute Gasteiger partial charge is 0.413 e. The first-order valence-corrected chi connectivity index (χ1v) is 8.49. The first-order valence-electron chi connectivity index (χ1n) is 7.67. The van der Waals surface area contributed by atoms with Crippen LogP contribution in [0.1, 0.15) is 27.3 Å². The van der Waals surface area contributed by atoms with Crippen molar-refractivity contribution in [1.29, 1.82) is 0 Å². The van der Waals surface area contributed by atoms with Crippen LogP contribution in [-0.2, 0) is 24.2 Å². The van der Waals surface area contributed by atoms with E-state index in [1.807, 2.05) is 0 Å². The molecule has 1 aliphatic heterocycles. The summed E-state index contributed by atoms with van der Waals surface area (Å²) in [6.45, 7) is 7.11. The van der Waals surface area contributed by atoms with E-state index in [4.69, 9.17) is 0 Å². The molecule has 0 bridgehead atoms. The lowest BCUT2D eigenvalue weighted by Crippen LogP contribution is -2.29. The van der Waals surface area contributed by atoms with Crippen LogP contribution in [0.2, 0.25) is 0 Å². The van der Waals surface area contributed by atoms with Crippen molar-refractivity contribution < 1.29 is 9.53 Å². The predicted molar refractivity (Wildman–Crippen MR) is 91.9 cm³/mol. The maximum atomic E-state index is 11.3. The molecule has 1 aliphatic rings. The van der Waals surface area contributed by atoms with Gasteiger partial charge in [0.25, 0.3) is 0 Å². The molecule has 2 aromatic rings. The van der Waals surface area contributed by atoms with Crippen LogP contribution >= 0.6 is 11.3 Å². The second-order valence-electron chi connectivity index (χ2n) is 5.90. The topological polar surface area (TPSA) is 54.5 Å². The number of thiazole rings is 1. The van der Waals surface area contributed by atoms with Gasteiger partial charge in [0.2, 0.25) is 0 Å². The lowest BCUT2D eigenvalue weighted by molar-refractivity contribution is 0.187. The summed E-state index contributed by atoms with van der Waals surface area (Å²) < 4.78 is 4.62. The van der Waals surface area contributed by atoms with Crippen LogP contribution in [-0.4, -0.2) is 29.6 Å². The Hall–Kier alpha value is -1.92. The molecule has 0 fully saturated rings. The van der Waals surface area contributed by atoms with E-state index in [9.17, 15) is 4.79 Å². The molecule has 0 spiro atoms. The quantitative estimate of drug-likeness (QED) is 0.935. The Bertz CT molecular complexity index is 727. The molecule has 0 saturated carbocycles. The number of hydrogen-bond acceptors (Lipinski definition) is 5. The number of ether oxygens (including phenoxy) is 1. The second kappa shape index (κ2) is 6.68. The third kappa shape index (κ3) is 3.71. The number of methoxy groups -OCH3 is 1. The van der Waals surface area contributed by atoms with Gasteiger partial charge in [0.05, 0.1) is 12.8 Å². The number of benzene rings is 1. The van der Waals surface area contributed by atoms with Crippen LogP contribution in [0.25, 0.3) is 0 Å². The third-order valence-corrected chi connectivity index (χ3v) is 5.10. The Kier molecular flexibility index (Phi) is 4.63. The number of carbonyl (C=O) groups excluding carboxylic acids is 1. The highest BCUT2D eigenvalue weighted by Crippen LogP contribution is 2.29. The molecule has 1 N–H and O–H groups in total. The standard InChI is InChI=1S/C17H21N3O2S/c1-11-4-5-12(2)13(8-11)9-20-7-6-14-15(10-20)23-16(18-14)19-17(21)22-3/h4-5,8H,6-7,9-10H2,1-3H3,(H,18,19,21). The van der Waals surface area contributed by atoms with Crippen LogP contribution in [0.5, 0.6) is 0 Å². The highest BCUT2D eigenvalue weighted by molar-refractivity contribution is 7.15. The SMILES string of the molecule is COC(=O)Nc1nc2c(s1)CN(Cc1cc(C)ccc1C)CC2. The normalized spacial score (nSPS) is 14.4. The zero-order chi connectivity index (χ0) is 16.4. The molecule has 122 valence electrons. The molecule has 0 atom stereocenters. The fourth-order valence-electron chi connectivity index (χ4n) is 2.79. The summed E-state index contributed by atoms with van der Waals surface area (Å²) in [4.78, 5) is 19.4. The minimum Gasteiger partial charge on any atom is -0.453 e. The number of rotatable bonds is 3. The van der Waals surface area contributed by atoms with Gasteiger partial charge in [-0.05, 0) is 25.0 Å². The Morgan fingerprint density at radius 2 is 2.26 bits per heavy atom. The zero-order valence-electron chi connectivity index (χ0n) is 13.7. The van der Waals surface area contributed by atoms with Gasteiger partial charge in [-0.3, -0.25) is 10.2 Å². The number of aryl methyl sites for hydroxylation is 2. The monoisotopic (exact) mass is 331 g/mol. The van der Waals surface area contributed by atoms with Gasteiger partial charge >= 0.3 is 6.09 Å². The first kappa shape index (κ1) is 16.0. The summed E-state index contributed by atoms with van der Waals surface area (Å²) in [5.41, 5.74) is 5.11. The predicted octanol–water partition coefficient (Wildman–Crippen LogP) is 3.50. The Morgan fingerprint density at radius 1 is 1.43 bits per heavy atom. The van der Waals surface area contributed by atoms with E-state index in [0.29, 0.717) is 5.13 Å². The largest absolute Gasteiger partial charge is 0.453 e. The van der Waals surface area contributed by atoms with E-state index in [-0.39, 0.29) is 0 Å². The minimum atomic E-state index is -0.469. The van der Waals surface area contributed by atoms with Crippen molar-refractivity contribution in [3.05, 3.63) is 45.5 Å². The van der Waals surface area contributed by atoms with Crippen molar-refractivity contribution >= 4 is 22.6 Å². The summed E-state index contributed by atoms with van der Waals surface area (Å²) in [5, 5.41) is 3.28. The lowest BCUT2D eigenvalue weighted by Gasteiger charge is -2.26. The van der Waals surface area contributed by atoms with Crippen LogP contribution < -0.4 is 5.32 Å². The highest BCUT2D eigenvalue weighted by atomic mass is 32.1. The molecule has 0 radical (unpaired) electrons. The lowest BCUT2D eigenvalue weighted by atomic mass is 10.0. The molecule has 1 amide bonds. The van der Waals surface area contributed by atoms with Gasteiger partial charge in [0.15, 0.2) is 5.13 Å². The highest BCUT2D eigenvalue weighted by Gasteiger charge is 2.21. The minimum absolute atomic E-state index is 0.469. The van der Waals surface area contributed by atoms with E-state index in [2.05, 4.69) is 52.0 Å². The van der Waals surface area contributed by atoms with Crippen molar-refractivity contribution in [2.45, 2.75) is 33.4 Å². The first-order chi connectivity index (χ1) is 11.0. The average Bonchev–Trinajstić information content (AvgIpc) is 2.92. The summed E-state index contributed by atoms with van der Waals surface area (Å²) in [7, 11) is 1.36. The molecule has 0 aliphatic carbocycles. The molecule has 3 rings (SSSR count). The fraction of sp³-hybridized carbons (Fsp3) is 0.412. The zero-order valence-corrected chi connectivity index (χ0v) is 14.5. The number of aromatic nitrogens is 1. The molecule has 2 heterocycles. The van der Waals surface area contributed by atoms with E-state index in [1.165, 1.54) is 40.0 Å². The van der Waals surface area contributed by atoms with E-state index < -0.39 is 6.09 Å². The summed E-state index contributed by atoms with van der Waals surface area (Å²) in [5.74, 6) is 0. The maximum absolute atomic E-state index is 11.3. The van der Waals surface area contributed by atoms with Crippen LogP contribution in [0.3, 0.4) is 0 Å². The van der Waals surface area contributed by atoms with Crippen molar-refractivity contribution in [2.75, 3.05) is 19.0 Å². The summed E-state index contributed by atoms with van der Waals surface area (Å²) in [6, 6.07) is 6.61. The van der Waals surface area contributed by atoms with Gasteiger partial charge in [0.1, 0.15) is 0 Å². The van der Waals surface area contributed by atoms with Gasteiger partial charge in [-0.15, -0.1) is 0 Å². The molecule has 0 unspecified atom stereocenters. The number of nitrogens with one attached hydrogen (secondary N) is 1. The average molecular weight is 331 g/mol. The molecular formula is C17H21N3O2S. The maximum Gasteiger partial charge on any atom is 0.413 e. The van der Waals surface area contributed by atoms with E-state index in [1.54, 1.807) is 0 Å². The summed E-state index contributed by atoms with van der Waals surface area (Å²) >= 11 is 1.54. The van der Waals surface area contributed by atoms with Crippen molar-refractivity contribution in [1.82, 2.24) is 9.88 Å². The second-order valence-corrected chi connectivity index (χ2v) is 6.98.